The summed E-state index contributed by atoms with van der Waals surface area (Å²) in [6.45, 7) is 2.83. The first-order valence-electron chi connectivity index (χ1n) is 8.33. The second-order valence-electron chi connectivity index (χ2n) is 6.35. The van der Waals surface area contributed by atoms with E-state index in [1.807, 2.05) is 11.9 Å². The maximum Gasteiger partial charge on any atom is 0.417 e. The van der Waals surface area contributed by atoms with Crippen LogP contribution < -0.4 is 10.6 Å². The molecule has 1 heterocycles. The van der Waals surface area contributed by atoms with Crippen molar-refractivity contribution in [1.82, 2.24) is 10.2 Å². The van der Waals surface area contributed by atoms with Crippen LogP contribution in [0.15, 0.2) is 18.2 Å². The van der Waals surface area contributed by atoms with Crippen LogP contribution in [0.5, 0.6) is 0 Å². The van der Waals surface area contributed by atoms with Gasteiger partial charge in [0.05, 0.1) is 17.1 Å². The molecule has 1 saturated heterocycles. The second-order valence-corrected chi connectivity index (χ2v) is 6.76. The van der Waals surface area contributed by atoms with Crippen LogP contribution in [0.1, 0.15) is 24.8 Å². The fourth-order valence-electron chi connectivity index (χ4n) is 3.01. The van der Waals surface area contributed by atoms with Crippen LogP contribution in [0.25, 0.3) is 0 Å². The third kappa shape index (κ3) is 6.17. The largest absolute Gasteiger partial charge is 0.417 e. The Balaban J connectivity index is 1.85. The van der Waals surface area contributed by atoms with Gasteiger partial charge in [-0.1, -0.05) is 11.6 Å². The molecule has 1 amide bonds. The molecular formula is C17H23ClF3N3O. The molecule has 1 aliphatic rings. The molecule has 25 heavy (non-hydrogen) atoms. The second kappa shape index (κ2) is 8.87. The molecule has 140 valence electrons. The highest BCUT2D eigenvalue weighted by molar-refractivity contribution is 6.31. The van der Waals surface area contributed by atoms with E-state index in [0.29, 0.717) is 5.92 Å². The van der Waals surface area contributed by atoms with Gasteiger partial charge < -0.3 is 10.6 Å². The molecule has 1 aromatic carbocycles. The van der Waals surface area contributed by atoms with Gasteiger partial charge in [-0.15, -0.1) is 0 Å². The maximum absolute atomic E-state index is 12.9. The van der Waals surface area contributed by atoms with Gasteiger partial charge in [-0.05, 0) is 70.1 Å². The van der Waals surface area contributed by atoms with Crippen LogP contribution in [0.3, 0.4) is 0 Å². The fourth-order valence-corrected chi connectivity index (χ4v) is 3.23. The Bertz CT molecular complexity index is 587. The van der Waals surface area contributed by atoms with Crippen LogP contribution in [-0.4, -0.2) is 44.0 Å². The predicted molar refractivity (Wildman–Crippen MR) is 92.8 cm³/mol. The zero-order valence-corrected chi connectivity index (χ0v) is 14.9. The Morgan fingerprint density at radius 1 is 1.32 bits per heavy atom. The average Bonchev–Trinajstić information content (AvgIpc) is 2.55. The Labute approximate surface area is 150 Å². The van der Waals surface area contributed by atoms with Crippen molar-refractivity contribution in [2.75, 3.05) is 38.5 Å². The molecule has 0 atom stereocenters. The third-order valence-electron chi connectivity index (χ3n) is 4.43. The number of hydrogen-bond acceptors (Lipinski definition) is 3. The summed E-state index contributed by atoms with van der Waals surface area (Å²) in [7, 11) is 1.93. The van der Waals surface area contributed by atoms with Gasteiger partial charge in [0.15, 0.2) is 0 Å². The van der Waals surface area contributed by atoms with Crippen LogP contribution in [-0.2, 0) is 11.0 Å². The number of halogens is 4. The number of benzene rings is 1. The van der Waals surface area contributed by atoms with Crippen molar-refractivity contribution in [3.05, 3.63) is 28.8 Å². The summed E-state index contributed by atoms with van der Waals surface area (Å²) in [5, 5.41) is 5.28. The van der Waals surface area contributed by atoms with Crippen molar-refractivity contribution in [3.8, 4) is 0 Å². The fraction of sp³-hybridized carbons (Fsp3) is 0.588. The number of amides is 1. The van der Waals surface area contributed by atoms with Gasteiger partial charge in [-0.25, -0.2) is 0 Å². The minimum Gasteiger partial charge on any atom is -0.325 e. The summed E-state index contributed by atoms with van der Waals surface area (Å²) in [4.78, 5) is 14.1. The Kier molecular flexibility index (Phi) is 7.10. The van der Waals surface area contributed by atoms with E-state index in [4.69, 9.17) is 11.6 Å². The van der Waals surface area contributed by atoms with Crippen LogP contribution in [0.2, 0.25) is 5.02 Å². The number of nitrogens with zero attached hydrogens (tertiary/aromatic N) is 1. The number of likely N-dealkylation sites (tertiary alicyclic amines) is 1. The molecule has 0 aliphatic carbocycles. The van der Waals surface area contributed by atoms with E-state index in [9.17, 15) is 18.0 Å². The van der Waals surface area contributed by atoms with E-state index in [0.717, 1.165) is 51.0 Å². The number of hydrogen-bond donors (Lipinski definition) is 2. The molecule has 1 aliphatic heterocycles. The van der Waals surface area contributed by atoms with E-state index in [2.05, 4.69) is 10.6 Å². The van der Waals surface area contributed by atoms with E-state index in [1.54, 1.807) is 0 Å². The van der Waals surface area contributed by atoms with Gasteiger partial charge in [0, 0.05) is 5.69 Å². The number of carbonyl (C=O) groups excluding carboxylic acids is 1. The molecule has 0 unspecified atom stereocenters. The molecule has 1 fully saturated rings. The molecule has 8 heteroatoms. The highest BCUT2D eigenvalue weighted by Crippen LogP contribution is 2.36. The van der Waals surface area contributed by atoms with Gasteiger partial charge in [0.25, 0.3) is 0 Å². The van der Waals surface area contributed by atoms with Crippen molar-refractivity contribution in [1.29, 1.82) is 0 Å². The molecule has 0 bridgehead atoms. The van der Waals surface area contributed by atoms with Crippen molar-refractivity contribution in [2.24, 2.45) is 5.92 Å². The molecule has 0 spiro atoms. The zero-order chi connectivity index (χ0) is 18.4. The number of rotatable bonds is 6. The normalized spacial score (nSPS) is 16.8. The Morgan fingerprint density at radius 3 is 2.60 bits per heavy atom. The maximum atomic E-state index is 12.9. The zero-order valence-electron chi connectivity index (χ0n) is 14.1. The number of anilines is 1. The molecule has 2 rings (SSSR count). The lowest BCUT2D eigenvalue weighted by Crippen LogP contribution is -2.39. The summed E-state index contributed by atoms with van der Waals surface area (Å²) in [6.07, 6.45) is -1.35. The highest BCUT2D eigenvalue weighted by Gasteiger charge is 2.33. The summed E-state index contributed by atoms with van der Waals surface area (Å²) >= 11 is 5.58. The smallest absolute Gasteiger partial charge is 0.325 e. The number of nitrogens with one attached hydrogen (secondary N) is 2. The summed E-state index contributed by atoms with van der Waals surface area (Å²) in [6, 6.07) is 3.39. The third-order valence-corrected chi connectivity index (χ3v) is 4.76. The summed E-state index contributed by atoms with van der Waals surface area (Å²) < 4.78 is 38.6. The van der Waals surface area contributed by atoms with Crippen molar-refractivity contribution < 1.29 is 18.0 Å². The van der Waals surface area contributed by atoms with Gasteiger partial charge in [0.1, 0.15) is 0 Å². The molecule has 2 N–H and O–H groups in total. The molecule has 4 nitrogen and oxygen atoms in total. The van der Waals surface area contributed by atoms with Gasteiger partial charge in [0.2, 0.25) is 5.91 Å². The van der Waals surface area contributed by atoms with Crippen LogP contribution in [0.4, 0.5) is 18.9 Å². The standard InChI is InChI=1S/C17H23ClF3N3O/c1-22-7-4-12-5-8-24(9-6-12)11-16(25)23-13-2-3-15(18)14(10-13)17(19,20)21/h2-3,10,12,22H,4-9,11H2,1H3,(H,23,25). The van der Waals surface area contributed by atoms with Gasteiger partial charge in [-0.2, -0.15) is 13.2 Å². The van der Waals surface area contributed by atoms with Gasteiger partial charge >= 0.3 is 6.18 Å². The van der Waals surface area contributed by atoms with Crippen molar-refractivity contribution in [3.63, 3.8) is 0 Å². The van der Waals surface area contributed by atoms with Gasteiger partial charge in [-0.3, -0.25) is 9.69 Å². The van der Waals surface area contributed by atoms with E-state index < -0.39 is 11.7 Å². The van der Waals surface area contributed by atoms with Crippen molar-refractivity contribution in [2.45, 2.75) is 25.4 Å². The molecule has 0 saturated carbocycles. The first-order valence-corrected chi connectivity index (χ1v) is 8.71. The summed E-state index contributed by atoms with van der Waals surface area (Å²) in [5.74, 6) is 0.349. The monoisotopic (exact) mass is 377 g/mol. The van der Waals surface area contributed by atoms with Crippen molar-refractivity contribution >= 4 is 23.2 Å². The lowest BCUT2D eigenvalue weighted by atomic mass is 9.93. The van der Waals surface area contributed by atoms with E-state index in [-0.39, 0.29) is 23.2 Å². The Morgan fingerprint density at radius 2 is 2.00 bits per heavy atom. The Hall–Kier alpha value is -1.31. The lowest BCUT2D eigenvalue weighted by Gasteiger charge is -2.31. The molecular weight excluding hydrogens is 355 g/mol. The first-order chi connectivity index (χ1) is 11.8. The minimum atomic E-state index is -4.55. The van der Waals surface area contributed by atoms with Crippen LogP contribution in [0, 0.1) is 5.92 Å². The minimum absolute atomic E-state index is 0.102. The molecule has 0 radical (unpaired) electrons. The van der Waals surface area contributed by atoms with E-state index in [1.165, 1.54) is 6.07 Å². The number of piperidine rings is 1. The lowest BCUT2D eigenvalue weighted by molar-refractivity contribution is -0.137. The number of alkyl halides is 3. The topological polar surface area (TPSA) is 44.4 Å². The predicted octanol–water partition coefficient (Wildman–Crippen LogP) is 3.62. The summed E-state index contributed by atoms with van der Waals surface area (Å²) in [5.41, 5.74) is -0.844. The molecule has 0 aromatic heterocycles. The highest BCUT2D eigenvalue weighted by atomic mass is 35.5. The van der Waals surface area contributed by atoms with E-state index >= 15 is 0 Å². The quantitative estimate of drug-likeness (QED) is 0.795. The first kappa shape index (κ1) is 20.0. The SMILES string of the molecule is CNCCC1CCN(CC(=O)Nc2ccc(Cl)c(C(F)(F)F)c2)CC1. The number of carbonyl (C=O) groups is 1. The molecule has 1 aromatic rings. The average molecular weight is 378 g/mol. The van der Waals surface area contributed by atoms with Crippen LogP contribution >= 0.6 is 11.6 Å².